The topological polar surface area (TPSA) is 75.1 Å². The molecule has 0 radical (unpaired) electrons. The molecule has 0 aromatic rings. The van der Waals surface area contributed by atoms with Crippen LogP contribution in [-0.4, -0.2) is 63.2 Å². The summed E-state index contributed by atoms with van der Waals surface area (Å²) in [6.07, 6.45) is 2.93. The average Bonchev–Trinajstić information content (AvgIpc) is 3.28. The van der Waals surface area contributed by atoms with E-state index in [1.807, 2.05) is 13.8 Å². The second-order valence-electron chi connectivity index (χ2n) is 5.33. The van der Waals surface area contributed by atoms with Gasteiger partial charge in [0.15, 0.2) is 5.96 Å². The van der Waals surface area contributed by atoms with Gasteiger partial charge < -0.3 is 25.2 Å². The van der Waals surface area contributed by atoms with Crippen molar-refractivity contribution in [1.29, 1.82) is 0 Å². The fraction of sp³-hybridized carbons (Fsp3) is 0.933. The summed E-state index contributed by atoms with van der Waals surface area (Å²) in [5, 5.41) is 16.2. The Morgan fingerprint density at radius 2 is 2.10 bits per heavy atom. The number of nitrogens with zero attached hydrogens (tertiary/aromatic N) is 1. The zero-order valence-electron chi connectivity index (χ0n) is 13.4. The lowest BCUT2D eigenvalue weighted by Crippen LogP contribution is -2.39. The second-order valence-corrected chi connectivity index (χ2v) is 5.33. The van der Waals surface area contributed by atoms with E-state index in [4.69, 9.17) is 9.47 Å². The van der Waals surface area contributed by atoms with Gasteiger partial charge in [-0.3, -0.25) is 4.99 Å². The van der Waals surface area contributed by atoms with E-state index in [9.17, 15) is 5.11 Å². The number of aliphatic hydroxyl groups excluding tert-OH is 1. The number of hydrogen-bond donors (Lipinski definition) is 3. The molecule has 0 aliphatic heterocycles. The zero-order chi connectivity index (χ0) is 15.3. The van der Waals surface area contributed by atoms with Gasteiger partial charge in [0.25, 0.3) is 0 Å². The molecule has 0 heterocycles. The molecule has 6 heteroatoms. The molecule has 0 saturated heterocycles. The van der Waals surface area contributed by atoms with Gasteiger partial charge in [-0.05, 0) is 39.0 Å². The molecule has 1 atom stereocenters. The number of aliphatic hydroxyl groups is 1. The lowest BCUT2D eigenvalue weighted by molar-refractivity contribution is 0.0368. The quantitative estimate of drug-likeness (QED) is 0.282. The first-order valence-electron chi connectivity index (χ1n) is 8.12. The molecule has 1 aliphatic rings. The first kappa shape index (κ1) is 18.2. The van der Waals surface area contributed by atoms with E-state index in [2.05, 4.69) is 15.6 Å². The largest absolute Gasteiger partial charge is 0.389 e. The highest BCUT2D eigenvalue weighted by atomic mass is 16.5. The monoisotopic (exact) mass is 301 g/mol. The molecule has 1 rings (SSSR count). The molecule has 0 spiro atoms. The molecule has 6 nitrogen and oxygen atoms in total. The molecular formula is C15H31N3O3. The third-order valence-electron chi connectivity index (χ3n) is 3.13. The van der Waals surface area contributed by atoms with Gasteiger partial charge in [-0.15, -0.1) is 0 Å². The van der Waals surface area contributed by atoms with Gasteiger partial charge in [0.1, 0.15) is 0 Å². The van der Waals surface area contributed by atoms with Crippen molar-refractivity contribution < 1.29 is 14.6 Å². The lowest BCUT2D eigenvalue weighted by Gasteiger charge is -2.13. The van der Waals surface area contributed by atoms with Crippen molar-refractivity contribution in [2.24, 2.45) is 10.9 Å². The normalized spacial score (nSPS) is 16.8. The van der Waals surface area contributed by atoms with Crippen LogP contribution >= 0.6 is 0 Å². The summed E-state index contributed by atoms with van der Waals surface area (Å²) in [5.74, 6) is 1.46. The zero-order valence-corrected chi connectivity index (χ0v) is 13.4. The number of nitrogens with one attached hydrogen (secondary N) is 2. The molecule has 0 aromatic heterocycles. The number of guanidine groups is 1. The Labute approximate surface area is 128 Å². The van der Waals surface area contributed by atoms with Crippen LogP contribution in [0.4, 0.5) is 0 Å². The van der Waals surface area contributed by atoms with Crippen molar-refractivity contribution in [1.82, 2.24) is 10.6 Å². The SMILES string of the molecule is CCNC(=NCC(O)COCC1CC1)NCCCOCC. The Morgan fingerprint density at radius 3 is 2.76 bits per heavy atom. The van der Waals surface area contributed by atoms with Crippen LogP contribution in [0.5, 0.6) is 0 Å². The van der Waals surface area contributed by atoms with Crippen LogP contribution in [0, 0.1) is 5.92 Å². The van der Waals surface area contributed by atoms with Crippen LogP contribution in [0.3, 0.4) is 0 Å². The van der Waals surface area contributed by atoms with E-state index in [0.29, 0.717) is 13.2 Å². The molecule has 0 amide bonds. The molecule has 1 saturated carbocycles. The van der Waals surface area contributed by atoms with E-state index >= 15 is 0 Å². The predicted molar refractivity (Wildman–Crippen MR) is 84.6 cm³/mol. The molecule has 1 fully saturated rings. The summed E-state index contributed by atoms with van der Waals surface area (Å²) >= 11 is 0. The Hall–Kier alpha value is -0.850. The second kappa shape index (κ2) is 11.8. The van der Waals surface area contributed by atoms with Gasteiger partial charge in [-0.25, -0.2) is 0 Å². The number of hydrogen-bond acceptors (Lipinski definition) is 4. The van der Waals surface area contributed by atoms with E-state index < -0.39 is 6.10 Å². The van der Waals surface area contributed by atoms with Gasteiger partial charge in [-0.2, -0.15) is 0 Å². The maximum absolute atomic E-state index is 9.83. The van der Waals surface area contributed by atoms with E-state index in [1.54, 1.807) is 0 Å². The van der Waals surface area contributed by atoms with Crippen LogP contribution in [0.2, 0.25) is 0 Å². The minimum Gasteiger partial charge on any atom is -0.389 e. The first-order valence-corrected chi connectivity index (χ1v) is 8.12. The minimum atomic E-state index is -0.539. The smallest absolute Gasteiger partial charge is 0.191 e. The molecule has 1 aliphatic carbocycles. The minimum absolute atomic E-state index is 0.353. The summed E-state index contributed by atoms with van der Waals surface area (Å²) in [4.78, 5) is 4.37. The Kier molecular flexibility index (Phi) is 10.2. The molecule has 3 N–H and O–H groups in total. The van der Waals surface area contributed by atoms with E-state index in [-0.39, 0.29) is 0 Å². The highest BCUT2D eigenvalue weighted by Crippen LogP contribution is 2.28. The van der Waals surface area contributed by atoms with Crippen LogP contribution in [0.25, 0.3) is 0 Å². The van der Waals surface area contributed by atoms with Crippen molar-refractivity contribution in [2.75, 3.05) is 46.1 Å². The van der Waals surface area contributed by atoms with Gasteiger partial charge in [0, 0.05) is 32.9 Å². The molecule has 0 bridgehead atoms. The van der Waals surface area contributed by atoms with Crippen molar-refractivity contribution in [3.8, 4) is 0 Å². The standard InChI is InChI=1S/C15H31N3O3/c1-3-16-15(17-8-5-9-20-4-2)18-10-14(19)12-21-11-13-6-7-13/h13-14,19H,3-12H2,1-2H3,(H2,16,17,18). The Balaban J connectivity index is 2.12. The molecule has 0 aromatic carbocycles. The van der Waals surface area contributed by atoms with Crippen LogP contribution in [-0.2, 0) is 9.47 Å². The lowest BCUT2D eigenvalue weighted by atomic mass is 10.4. The van der Waals surface area contributed by atoms with E-state index in [0.717, 1.165) is 51.2 Å². The average molecular weight is 301 g/mol. The first-order chi connectivity index (χ1) is 10.3. The summed E-state index contributed by atoms with van der Waals surface area (Å²) in [6.45, 7) is 8.61. The van der Waals surface area contributed by atoms with Crippen molar-refractivity contribution >= 4 is 5.96 Å². The van der Waals surface area contributed by atoms with Gasteiger partial charge >= 0.3 is 0 Å². The third-order valence-corrected chi connectivity index (χ3v) is 3.13. The maximum atomic E-state index is 9.83. The maximum Gasteiger partial charge on any atom is 0.191 e. The number of ether oxygens (including phenoxy) is 2. The fourth-order valence-electron chi connectivity index (χ4n) is 1.77. The summed E-state index contributed by atoms with van der Waals surface area (Å²) in [6, 6.07) is 0. The third kappa shape index (κ3) is 10.5. The highest BCUT2D eigenvalue weighted by molar-refractivity contribution is 5.79. The van der Waals surface area contributed by atoms with Crippen LogP contribution in [0.1, 0.15) is 33.1 Å². The molecule has 1 unspecified atom stereocenters. The summed E-state index contributed by atoms with van der Waals surface area (Å²) in [7, 11) is 0. The number of rotatable bonds is 12. The molecular weight excluding hydrogens is 270 g/mol. The highest BCUT2D eigenvalue weighted by Gasteiger charge is 2.21. The van der Waals surface area contributed by atoms with Crippen molar-refractivity contribution in [3.05, 3.63) is 0 Å². The van der Waals surface area contributed by atoms with Crippen molar-refractivity contribution in [2.45, 2.75) is 39.2 Å². The molecule has 124 valence electrons. The predicted octanol–water partition coefficient (Wildman–Crippen LogP) is 0.756. The Morgan fingerprint density at radius 1 is 1.29 bits per heavy atom. The van der Waals surface area contributed by atoms with Crippen molar-refractivity contribution in [3.63, 3.8) is 0 Å². The number of aliphatic imine (C=N–C) groups is 1. The van der Waals surface area contributed by atoms with Gasteiger partial charge in [0.2, 0.25) is 0 Å². The Bertz CT molecular complexity index is 283. The van der Waals surface area contributed by atoms with Crippen LogP contribution < -0.4 is 10.6 Å². The van der Waals surface area contributed by atoms with Gasteiger partial charge in [0.05, 0.1) is 19.3 Å². The molecule has 21 heavy (non-hydrogen) atoms. The van der Waals surface area contributed by atoms with E-state index in [1.165, 1.54) is 12.8 Å². The fourth-order valence-corrected chi connectivity index (χ4v) is 1.77. The van der Waals surface area contributed by atoms with Crippen LogP contribution in [0.15, 0.2) is 4.99 Å². The summed E-state index contributed by atoms with van der Waals surface area (Å²) in [5.41, 5.74) is 0. The summed E-state index contributed by atoms with van der Waals surface area (Å²) < 4.78 is 10.7. The van der Waals surface area contributed by atoms with Gasteiger partial charge in [-0.1, -0.05) is 0 Å².